The van der Waals surface area contributed by atoms with Gasteiger partial charge in [-0.2, -0.15) is 0 Å². The highest BCUT2D eigenvalue weighted by Crippen LogP contribution is 2.24. The number of thiazole rings is 1. The third-order valence-corrected chi connectivity index (χ3v) is 5.33. The quantitative estimate of drug-likeness (QED) is 0.818. The summed E-state index contributed by atoms with van der Waals surface area (Å²) in [4.78, 5) is 20.0. The predicted octanol–water partition coefficient (Wildman–Crippen LogP) is 4.81. The number of carbonyl (C=O) groups is 1. The minimum Gasteiger partial charge on any atom is -0.308 e. The van der Waals surface area contributed by atoms with Crippen LogP contribution in [0, 0.1) is 0 Å². The lowest BCUT2D eigenvalue weighted by Gasteiger charge is -2.32. The molecule has 0 saturated carbocycles. The van der Waals surface area contributed by atoms with Gasteiger partial charge in [0.25, 0.3) is 0 Å². The Bertz CT molecular complexity index is 688. The number of nitrogens with zero attached hydrogens (tertiary/aromatic N) is 2. The van der Waals surface area contributed by atoms with Crippen molar-refractivity contribution in [2.45, 2.75) is 38.8 Å². The minimum absolute atomic E-state index is 0.301. The van der Waals surface area contributed by atoms with Crippen LogP contribution < -0.4 is 10.6 Å². The molecule has 1 atom stereocenters. The highest BCUT2D eigenvalue weighted by molar-refractivity contribution is 7.15. The van der Waals surface area contributed by atoms with Crippen LogP contribution in [0.25, 0.3) is 0 Å². The third kappa shape index (κ3) is 4.69. The van der Waals surface area contributed by atoms with Gasteiger partial charge in [0.2, 0.25) is 0 Å². The normalized spacial score (nSPS) is 18.3. The van der Waals surface area contributed by atoms with Gasteiger partial charge in [-0.3, -0.25) is 10.2 Å². The molecule has 5 nitrogen and oxygen atoms in total. The number of hydrogen-bond donors (Lipinski definition) is 2. The first-order valence-corrected chi connectivity index (χ1v) is 9.32. The molecule has 0 radical (unpaired) electrons. The number of hydrogen-bond acceptors (Lipinski definition) is 4. The number of halogens is 1. The molecule has 2 amide bonds. The predicted molar refractivity (Wildman–Crippen MR) is 99.9 cm³/mol. The first-order valence-electron chi connectivity index (χ1n) is 8.12. The fraction of sp³-hybridized carbons (Fsp3) is 0.412. The smallest absolute Gasteiger partial charge is 0.308 e. The summed E-state index contributed by atoms with van der Waals surface area (Å²) in [5.41, 5.74) is 0.691. The molecule has 1 saturated heterocycles. The number of aromatic nitrogens is 1. The Balaban J connectivity index is 1.53. The molecule has 1 aliphatic heterocycles. The maximum atomic E-state index is 12.0. The van der Waals surface area contributed by atoms with E-state index in [1.54, 1.807) is 24.3 Å². The number of carbonyl (C=O) groups excluding carboxylic acids is 1. The highest BCUT2D eigenvalue weighted by atomic mass is 35.5. The van der Waals surface area contributed by atoms with Gasteiger partial charge in [-0.25, -0.2) is 9.78 Å². The van der Waals surface area contributed by atoms with Gasteiger partial charge in [-0.05, 0) is 50.6 Å². The number of likely N-dealkylation sites (tertiary alicyclic amines) is 1. The van der Waals surface area contributed by atoms with Gasteiger partial charge in [0.15, 0.2) is 5.13 Å². The first-order chi connectivity index (χ1) is 11.6. The molecule has 3 rings (SSSR count). The van der Waals surface area contributed by atoms with Crippen LogP contribution in [0.5, 0.6) is 0 Å². The number of nitrogens with one attached hydrogen (secondary N) is 2. The molecule has 2 aromatic rings. The molecule has 0 spiro atoms. The van der Waals surface area contributed by atoms with Crippen LogP contribution in [0.15, 0.2) is 30.5 Å². The second-order valence-corrected chi connectivity index (χ2v) is 7.58. The summed E-state index contributed by atoms with van der Waals surface area (Å²) in [6.07, 6.45) is 5.69. The van der Waals surface area contributed by atoms with E-state index in [0.29, 0.717) is 21.9 Å². The van der Waals surface area contributed by atoms with Crippen molar-refractivity contribution >= 4 is 39.8 Å². The van der Waals surface area contributed by atoms with Gasteiger partial charge in [0, 0.05) is 34.4 Å². The molecule has 1 fully saturated rings. The van der Waals surface area contributed by atoms with E-state index in [-0.39, 0.29) is 6.03 Å². The molecule has 2 heterocycles. The van der Waals surface area contributed by atoms with E-state index in [4.69, 9.17) is 11.6 Å². The van der Waals surface area contributed by atoms with Gasteiger partial charge < -0.3 is 5.32 Å². The number of anilines is 2. The molecule has 1 aromatic heterocycles. The van der Waals surface area contributed by atoms with Crippen LogP contribution in [0.2, 0.25) is 5.02 Å². The van der Waals surface area contributed by atoms with E-state index in [9.17, 15) is 4.79 Å². The van der Waals surface area contributed by atoms with Crippen molar-refractivity contribution in [3.05, 3.63) is 40.4 Å². The third-order valence-electron chi connectivity index (χ3n) is 4.18. The molecular weight excluding hydrogens is 344 g/mol. The number of piperidine rings is 1. The fourth-order valence-electron chi connectivity index (χ4n) is 2.82. The number of benzene rings is 1. The molecule has 2 N–H and O–H groups in total. The number of rotatable bonds is 4. The van der Waals surface area contributed by atoms with E-state index < -0.39 is 0 Å². The summed E-state index contributed by atoms with van der Waals surface area (Å²) in [6.45, 7) is 4.32. The van der Waals surface area contributed by atoms with Gasteiger partial charge in [-0.1, -0.05) is 18.0 Å². The summed E-state index contributed by atoms with van der Waals surface area (Å²) < 4.78 is 0. The number of urea groups is 1. The van der Waals surface area contributed by atoms with Crippen molar-refractivity contribution in [1.29, 1.82) is 0 Å². The maximum absolute atomic E-state index is 12.0. The molecule has 0 bridgehead atoms. The summed E-state index contributed by atoms with van der Waals surface area (Å²) in [6, 6.07) is 7.30. The molecule has 1 aromatic carbocycles. The van der Waals surface area contributed by atoms with Crippen molar-refractivity contribution in [2.75, 3.05) is 17.2 Å². The topological polar surface area (TPSA) is 57.3 Å². The van der Waals surface area contributed by atoms with Gasteiger partial charge in [-0.15, -0.1) is 11.3 Å². The van der Waals surface area contributed by atoms with Crippen molar-refractivity contribution in [1.82, 2.24) is 9.88 Å². The Morgan fingerprint density at radius 3 is 2.88 bits per heavy atom. The summed E-state index contributed by atoms with van der Waals surface area (Å²) in [7, 11) is 0. The lowest BCUT2D eigenvalue weighted by molar-refractivity contribution is 0.154. The SMILES string of the molecule is CC1CCCCN1Cc1cnc(NC(=O)Nc2ccc(Cl)cc2)s1. The molecule has 7 heteroatoms. The lowest BCUT2D eigenvalue weighted by Crippen LogP contribution is -2.36. The van der Waals surface area contributed by atoms with Crippen molar-refractivity contribution < 1.29 is 4.79 Å². The Labute approximate surface area is 151 Å². The van der Waals surface area contributed by atoms with E-state index in [2.05, 4.69) is 27.4 Å². The molecule has 0 aliphatic carbocycles. The van der Waals surface area contributed by atoms with Crippen molar-refractivity contribution in [3.8, 4) is 0 Å². The first kappa shape index (κ1) is 17.2. The zero-order valence-electron chi connectivity index (χ0n) is 13.6. The zero-order valence-corrected chi connectivity index (χ0v) is 15.2. The van der Waals surface area contributed by atoms with Gasteiger partial charge in [0.05, 0.1) is 0 Å². The van der Waals surface area contributed by atoms with E-state index in [0.717, 1.165) is 13.1 Å². The van der Waals surface area contributed by atoms with E-state index in [1.165, 1.54) is 35.5 Å². The maximum Gasteiger partial charge on any atom is 0.325 e. The monoisotopic (exact) mass is 364 g/mol. The largest absolute Gasteiger partial charge is 0.325 e. The molecule has 24 heavy (non-hydrogen) atoms. The van der Waals surface area contributed by atoms with Crippen LogP contribution in [0.1, 0.15) is 31.1 Å². The number of amides is 2. The Hall–Kier alpha value is -1.63. The lowest BCUT2D eigenvalue weighted by atomic mass is 10.0. The van der Waals surface area contributed by atoms with Crippen LogP contribution in [0.4, 0.5) is 15.6 Å². The Kier molecular flexibility index (Phi) is 5.71. The summed E-state index contributed by atoms with van der Waals surface area (Å²) in [5, 5.41) is 6.79. The highest BCUT2D eigenvalue weighted by Gasteiger charge is 2.19. The van der Waals surface area contributed by atoms with Crippen LogP contribution in [-0.2, 0) is 6.54 Å². The molecule has 1 aliphatic rings. The van der Waals surface area contributed by atoms with Crippen molar-refractivity contribution in [3.63, 3.8) is 0 Å². The molecular formula is C17H21ClN4OS. The average Bonchev–Trinajstić information content (AvgIpc) is 2.99. The second-order valence-electron chi connectivity index (χ2n) is 6.03. The zero-order chi connectivity index (χ0) is 16.9. The molecule has 1 unspecified atom stereocenters. The van der Waals surface area contributed by atoms with Gasteiger partial charge in [0.1, 0.15) is 0 Å². The standard InChI is InChI=1S/C17H21ClN4OS/c1-12-4-2-3-9-22(12)11-15-10-19-17(24-15)21-16(23)20-14-7-5-13(18)6-8-14/h5-8,10,12H,2-4,9,11H2,1H3,(H2,19,20,21,23). The molecule has 128 valence electrons. The van der Waals surface area contributed by atoms with E-state index >= 15 is 0 Å². The van der Waals surface area contributed by atoms with Crippen LogP contribution >= 0.6 is 22.9 Å². The fourth-order valence-corrected chi connectivity index (χ4v) is 3.78. The summed E-state index contributed by atoms with van der Waals surface area (Å²) in [5.74, 6) is 0. The average molecular weight is 365 g/mol. The van der Waals surface area contributed by atoms with Crippen LogP contribution in [-0.4, -0.2) is 28.5 Å². The minimum atomic E-state index is -0.301. The Morgan fingerprint density at radius 1 is 1.33 bits per heavy atom. The van der Waals surface area contributed by atoms with Crippen molar-refractivity contribution in [2.24, 2.45) is 0 Å². The van der Waals surface area contributed by atoms with Gasteiger partial charge >= 0.3 is 6.03 Å². The Morgan fingerprint density at radius 2 is 2.12 bits per heavy atom. The summed E-state index contributed by atoms with van der Waals surface area (Å²) >= 11 is 7.35. The second kappa shape index (κ2) is 7.96. The van der Waals surface area contributed by atoms with E-state index in [1.807, 2.05) is 6.20 Å². The van der Waals surface area contributed by atoms with Crippen LogP contribution in [0.3, 0.4) is 0 Å².